The highest BCUT2D eigenvalue weighted by molar-refractivity contribution is 9.10. The number of halogens is 1. The summed E-state index contributed by atoms with van der Waals surface area (Å²) in [4.78, 5) is 3.22. The Hall–Kier alpha value is -0.520. The molecule has 0 aliphatic heterocycles. The largest absolute Gasteiger partial charge is 0.331 e. The van der Waals surface area contributed by atoms with Crippen LogP contribution < -0.4 is 0 Å². The zero-order valence-corrected chi connectivity index (χ0v) is 12.5. The van der Waals surface area contributed by atoms with E-state index in [1.807, 2.05) is 30.0 Å². The van der Waals surface area contributed by atoms with Crippen LogP contribution in [-0.4, -0.2) is 21.1 Å². The average Bonchev–Trinajstić information content (AvgIpc) is 2.61. The maximum Gasteiger partial charge on any atom is 0.178 e. The first kappa shape index (κ1) is 12.9. The van der Waals surface area contributed by atoms with E-state index in [2.05, 4.69) is 38.1 Å². The lowest BCUT2D eigenvalue weighted by atomic mass is 10.3. The van der Waals surface area contributed by atoms with Crippen molar-refractivity contribution in [2.75, 3.05) is 11.5 Å². The van der Waals surface area contributed by atoms with Gasteiger partial charge in [-0.1, -0.05) is 22.0 Å². The molecule has 1 heterocycles. The molecule has 0 aliphatic rings. The van der Waals surface area contributed by atoms with Gasteiger partial charge in [-0.15, -0.1) is 6.58 Å². The molecule has 0 unspecified atom stereocenters. The van der Waals surface area contributed by atoms with E-state index in [0.717, 1.165) is 38.3 Å². The molecule has 2 nitrogen and oxygen atoms in total. The number of thioether (sulfide) groups is 1. The SMILES string of the molecule is C=CCSCCn1c(=S)[nH]c2ccc(Br)cc21. The third-order valence-electron chi connectivity index (χ3n) is 2.43. The minimum atomic E-state index is 0.789. The fourth-order valence-electron chi connectivity index (χ4n) is 1.67. The number of aromatic amines is 1. The lowest BCUT2D eigenvalue weighted by molar-refractivity contribution is 0.783. The third kappa shape index (κ3) is 3.03. The van der Waals surface area contributed by atoms with Crippen molar-refractivity contribution < 1.29 is 0 Å². The number of hydrogen-bond acceptors (Lipinski definition) is 2. The Morgan fingerprint density at radius 3 is 3.12 bits per heavy atom. The van der Waals surface area contributed by atoms with E-state index in [4.69, 9.17) is 12.2 Å². The van der Waals surface area contributed by atoms with Gasteiger partial charge in [-0.25, -0.2) is 0 Å². The number of aryl methyl sites for hydroxylation is 1. The second-order valence-electron chi connectivity index (χ2n) is 3.61. The van der Waals surface area contributed by atoms with Crippen molar-refractivity contribution in [2.24, 2.45) is 0 Å². The zero-order valence-electron chi connectivity index (χ0n) is 9.28. The molecule has 1 aromatic carbocycles. The molecule has 1 aromatic heterocycles. The number of benzene rings is 1. The van der Waals surface area contributed by atoms with E-state index < -0.39 is 0 Å². The quantitative estimate of drug-likeness (QED) is 0.499. The van der Waals surface area contributed by atoms with Gasteiger partial charge in [0.05, 0.1) is 11.0 Å². The summed E-state index contributed by atoms with van der Waals surface area (Å²) in [6, 6.07) is 6.16. The number of hydrogen-bond donors (Lipinski definition) is 1. The van der Waals surface area contributed by atoms with Crippen LogP contribution in [0, 0.1) is 4.77 Å². The Kier molecular flexibility index (Phi) is 4.48. The van der Waals surface area contributed by atoms with Gasteiger partial charge in [-0.3, -0.25) is 0 Å². The lowest BCUT2D eigenvalue weighted by Gasteiger charge is -2.03. The van der Waals surface area contributed by atoms with Crippen LogP contribution in [0.1, 0.15) is 0 Å². The predicted molar refractivity (Wildman–Crippen MR) is 82.3 cm³/mol. The number of aromatic nitrogens is 2. The van der Waals surface area contributed by atoms with Gasteiger partial charge >= 0.3 is 0 Å². The van der Waals surface area contributed by atoms with Gasteiger partial charge in [0.1, 0.15) is 0 Å². The molecule has 0 radical (unpaired) electrons. The highest BCUT2D eigenvalue weighted by atomic mass is 79.9. The van der Waals surface area contributed by atoms with E-state index in [9.17, 15) is 0 Å². The van der Waals surface area contributed by atoms with E-state index in [-0.39, 0.29) is 0 Å². The van der Waals surface area contributed by atoms with Gasteiger partial charge < -0.3 is 9.55 Å². The summed E-state index contributed by atoms with van der Waals surface area (Å²) in [7, 11) is 0. The number of nitrogens with zero attached hydrogens (tertiary/aromatic N) is 1. The maximum absolute atomic E-state index is 5.34. The van der Waals surface area contributed by atoms with Crippen LogP contribution >= 0.6 is 39.9 Å². The maximum atomic E-state index is 5.34. The molecule has 2 rings (SSSR count). The molecule has 0 spiro atoms. The molecule has 0 saturated heterocycles. The number of fused-ring (bicyclic) bond motifs is 1. The summed E-state index contributed by atoms with van der Waals surface area (Å²) in [6.07, 6.45) is 1.93. The van der Waals surface area contributed by atoms with Gasteiger partial charge in [0.25, 0.3) is 0 Å². The van der Waals surface area contributed by atoms with Crippen molar-refractivity contribution in [2.45, 2.75) is 6.54 Å². The first-order valence-electron chi connectivity index (χ1n) is 5.29. The Morgan fingerprint density at radius 1 is 1.53 bits per heavy atom. The molecule has 0 fully saturated rings. The number of imidazole rings is 1. The summed E-state index contributed by atoms with van der Waals surface area (Å²) in [5.41, 5.74) is 2.25. The molecule has 17 heavy (non-hydrogen) atoms. The molecule has 0 amide bonds. The summed E-state index contributed by atoms with van der Waals surface area (Å²) < 4.78 is 4.01. The van der Waals surface area contributed by atoms with Crippen molar-refractivity contribution in [3.63, 3.8) is 0 Å². The van der Waals surface area contributed by atoms with Crippen molar-refractivity contribution >= 4 is 50.9 Å². The molecule has 90 valence electrons. The van der Waals surface area contributed by atoms with Gasteiger partial charge in [-0.05, 0) is 30.4 Å². The van der Waals surface area contributed by atoms with Crippen LogP contribution in [0.2, 0.25) is 0 Å². The molecule has 1 N–H and O–H groups in total. The van der Waals surface area contributed by atoms with Crippen LogP contribution in [0.15, 0.2) is 35.3 Å². The Balaban J connectivity index is 2.26. The van der Waals surface area contributed by atoms with Gasteiger partial charge in [0.15, 0.2) is 4.77 Å². The van der Waals surface area contributed by atoms with E-state index in [0.29, 0.717) is 0 Å². The van der Waals surface area contributed by atoms with Crippen LogP contribution in [0.5, 0.6) is 0 Å². The fraction of sp³-hybridized carbons (Fsp3) is 0.250. The summed E-state index contributed by atoms with van der Waals surface area (Å²) >= 11 is 10.7. The lowest BCUT2D eigenvalue weighted by Crippen LogP contribution is -2.00. The zero-order chi connectivity index (χ0) is 12.3. The average molecular weight is 329 g/mol. The van der Waals surface area contributed by atoms with Gasteiger partial charge in [0, 0.05) is 22.5 Å². The number of nitrogens with one attached hydrogen (secondary N) is 1. The molecule has 0 saturated carbocycles. The highest BCUT2D eigenvalue weighted by Crippen LogP contribution is 2.20. The minimum Gasteiger partial charge on any atom is -0.331 e. The Bertz CT molecular complexity index is 586. The molecule has 2 aromatic rings. The predicted octanol–water partition coefficient (Wildman–Crippen LogP) is 4.38. The standard InChI is InChI=1S/C12H13BrN2S2/c1-2-6-17-7-5-15-11-8-9(13)3-4-10(11)14-12(15)16/h2-4,8H,1,5-7H2,(H,14,16). The smallest absolute Gasteiger partial charge is 0.178 e. The summed E-state index contributed by atoms with van der Waals surface area (Å²) in [5.74, 6) is 2.03. The van der Waals surface area contributed by atoms with E-state index in [1.165, 1.54) is 0 Å². The topological polar surface area (TPSA) is 20.7 Å². The highest BCUT2D eigenvalue weighted by Gasteiger charge is 2.04. The Labute approximate surface area is 118 Å². The van der Waals surface area contributed by atoms with Crippen molar-refractivity contribution in [1.82, 2.24) is 9.55 Å². The Morgan fingerprint density at radius 2 is 2.35 bits per heavy atom. The molecular weight excluding hydrogens is 316 g/mol. The number of rotatable bonds is 5. The second-order valence-corrected chi connectivity index (χ2v) is 6.06. The second kappa shape index (κ2) is 5.89. The van der Waals surface area contributed by atoms with Crippen molar-refractivity contribution in [3.05, 3.63) is 40.1 Å². The first-order chi connectivity index (χ1) is 8.22. The molecule has 0 aliphatic carbocycles. The van der Waals surface area contributed by atoms with Crippen LogP contribution in [0.3, 0.4) is 0 Å². The molecular formula is C12H13BrN2S2. The monoisotopic (exact) mass is 328 g/mol. The van der Waals surface area contributed by atoms with Gasteiger partial charge in [0.2, 0.25) is 0 Å². The van der Waals surface area contributed by atoms with Crippen LogP contribution in [0.25, 0.3) is 11.0 Å². The fourth-order valence-corrected chi connectivity index (χ4v) is 2.96. The van der Waals surface area contributed by atoms with Crippen molar-refractivity contribution in [3.8, 4) is 0 Å². The first-order valence-corrected chi connectivity index (χ1v) is 7.64. The molecule has 5 heteroatoms. The summed E-state index contributed by atoms with van der Waals surface area (Å²) in [6.45, 7) is 4.64. The molecule has 0 atom stereocenters. The molecule has 0 bridgehead atoms. The van der Waals surface area contributed by atoms with Crippen LogP contribution in [-0.2, 0) is 6.54 Å². The minimum absolute atomic E-state index is 0.789. The van der Waals surface area contributed by atoms with Crippen LogP contribution in [0.4, 0.5) is 0 Å². The summed E-state index contributed by atoms with van der Waals surface area (Å²) in [5, 5.41) is 0. The van der Waals surface area contributed by atoms with Gasteiger partial charge in [-0.2, -0.15) is 11.8 Å². The number of H-pyrrole nitrogens is 1. The third-order valence-corrected chi connectivity index (χ3v) is 4.19. The van der Waals surface area contributed by atoms with Crippen molar-refractivity contribution in [1.29, 1.82) is 0 Å². The van der Waals surface area contributed by atoms with E-state index >= 15 is 0 Å². The van der Waals surface area contributed by atoms with E-state index in [1.54, 1.807) is 0 Å². The normalized spacial score (nSPS) is 10.9.